The van der Waals surface area contributed by atoms with E-state index in [0.717, 1.165) is 11.3 Å². The van der Waals surface area contributed by atoms with Crippen LogP contribution < -0.4 is 0 Å². The molecule has 2 heterocycles. The van der Waals surface area contributed by atoms with Crippen molar-refractivity contribution < 1.29 is 9.90 Å². The standard InChI is InChI=1S/C20H25N3O2/c24-19(12-15-6-4-5-7-15)22-10-11-23-17(14-22)13-18(21-23)20(25)16-8-2-1-3-9-16/h1-3,8-9,13,15,20,25H,4-7,10-12,14H2/t20-/m0/s1. The molecule has 1 aromatic carbocycles. The minimum absolute atomic E-state index is 0.268. The number of aromatic nitrogens is 2. The second kappa shape index (κ2) is 7.00. The zero-order chi connectivity index (χ0) is 17.2. The molecule has 1 aromatic heterocycles. The Bertz CT molecular complexity index is 735. The summed E-state index contributed by atoms with van der Waals surface area (Å²) >= 11 is 0. The van der Waals surface area contributed by atoms with E-state index >= 15 is 0 Å². The van der Waals surface area contributed by atoms with E-state index in [9.17, 15) is 9.90 Å². The van der Waals surface area contributed by atoms with E-state index in [1.165, 1.54) is 25.7 Å². The summed E-state index contributed by atoms with van der Waals surface area (Å²) in [4.78, 5) is 14.5. The van der Waals surface area contributed by atoms with E-state index in [1.807, 2.05) is 46.0 Å². The third-order valence-electron chi connectivity index (χ3n) is 5.50. The molecule has 2 aromatic rings. The Labute approximate surface area is 148 Å². The van der Waals surface area contributed by atoms with Gasteiger partial charge in [-0.25, -0.2) is 0 Å². The van der Waals surface area contributed by atoms with Crippen molar-refractivity contribution in [2.45, 2.75) is 51.3 Å². The van der Waals surface area contributed by atoms with E-state index in [2.05, 4.69) is 5.10 Å². The second-order valence-electron chi connectivity index (χ2n) is 7.27. The van der Waals surface area contributed by atoms with Crippen LogP contribution in [0, 0.1) is 5.92 Å². The van der Waals surface area contributed by atoms with Crippen LogP contribution in [-0.4, -0.2) is 32.2 Å². The lowest BCUT2D eigenvalue weighted by Gasteiger charge is -2.28. The molecule has 1 aliphatic heterocycles. The van der Waals surface area contributed by atoms with Crippen molar-refractivity contribution in [2.24, 2.45) is 5.92 Å². The number of benzene rings is 1. The molecule has 1 fully saturated rings. The summed E-state index contributed by atoms with van der Waals surface area (Å²) in [6.45, 7) is 2.01. The van der Waals surface area contributed by atoms with Crippen LogP contribution in [0.2, 0.25) is 0 Å². The first-order chi connectivity index (χ1) is 12.2. The van der Waals surface area contributed by atoms with Gasteiger partial charge in [-0.05, 0) is 30.4 Å². The van der Waals surface area contributed by atoms with Crippen LogP contribution in [0.3, 0.4) is 0 Å². The molecule has 1 atom stereocenters. The van der Waals surface area contributed by atoms with Gasteiger partial charge in [-0.3, -0.25) is 9.48 Å². The number of nitrogens with zero attached hydrogens (tertiary/aromatic N) is 3. The van der Waals surface area contributed by atoms with E-state index < -0.39 is 6.10 Å². The van der Waals surface area contributed by atoms with Crippen LogP contribution in [-0.2, 0) is 17.9 Å². The highest BCUT2D eigenvalue weighted by Crippen LogP contribution is 2.29. The summed E-state index contributed by atoms with van der Waals surface area (Å²) < 4.78 is 1.93. The van der Waals surface area contributed by atoms with Crippen LogP contribution in [0.25, 0.3) is 0 Å². The average molecular weight is 339 g/mol. The Morgan fingerprint density at radius 3 is 2.72 bits per heavy atom. The largest absolute Gasteiger partial charge is 0.382 e. The molecule has 5 nitrogen and oxygen atoms in total. The van der Waals surface area contributed by atoms with Gasteiger partial charge in [0.15, 0.2) is 0 Å². The molecule has 132 valence electrons. The van der Waals surface area contributed by atoms with Crippen LogP contribution in [0.15, 0.2) is 36.4 Å². The third-order valence-corrected chi connectivity index (χ3v) is 5.50. The highest BCUT2D eigenvalue weighted by atomic mass is 16.3. The quantitative estimate of drug-likeness (QED) is 0.932. The summed E-state index contributed by atoms with van der Waals surface area (Å²) in [6, 6.07) is 11.5. The number of fused-ring (bicyclic) bond motifs is 1. The second-order valence-corrected chi connectivity index (χ2v) is 7.27. The molecule has 0 unspecified atom stereocenters. The normalized spacial score (nSPS) is 19.0. The minimum atomic E-state index is -0.720. The molecule has 1 amide bonds. The van der Waals surface area contributed by atoms with E-state index in [0.29, 0.717) is 37.7 Å². The van der Waals surface area contributed by atoms with Gasteiger partial charge in [0.2, 0.25) is 5.91 Å². The van der Waals surface area contributed by atoms with Gasteiger partial charge in [0.05, 0.1) is 24.5 Å². The van der Waals surface area contributed by atoms with Crippen molar-refractivity contribution in [3.8, 4) is 0 Å². The van der Waals surface area contributed by atoms with Gasteiger partial charge in [0, 0.05) is 13.0 Å². The first-order valence-corrected chi connectivity index (χ1v) is 9.28. The Kier molecular flexibility index (Phi) is 4.57. The molecular weight excluding hydrogens is 314 g/mol. The summed E-state index contributed by atoms with van der Waals surface area (Å²) in [5, 5.41) is 15.1. The third kappa shape index (κ3) is 3.47. The fraction of sp³-hybridized carbons (Fsp3) is 0.500. The summed E-state index contributed by atoms with van der Waals surface area (Å²) in [6.07, 6.45) is 4.90. The zero-order valence-corrected chi connectivity index (χ0v) is 14.5. The maximum Gasteiger partial charge on any atom is 0.223 e. The SMILES string of the molecule is O=C(CC1CCCC1)N1CCn2nc([C@@H](O)c3ccccc3)cc2C1. The van der Waals surface area contributed by atoms with Crippen LogP contribution in [0.1, 0.15) is 55.2 Å². The van der Waals surface area contributed by atoms with Crippen molar-refractivity contribution in [1.29, 1.82) is 0 Å². The molecule has 5 heteroatoms. The zero-order valence-electron chi connectivity index (χ0n) is 14.5. The number of carbonyl (C=O) groups excluding carboxylic acids is 1. The Morgan fingerprint density at radius 2 is 1.96 bits per heavy atom. The molecule has 1 aliphatic carbocycles. The van der Waals surface area contributed by atoms with Crippen molar-refractivity contribution >= 4 is 5.91 Å². The fourth-order valence-electron chi connectivity index (χ4n) is 4.03. The molecule has 1 saturated carbocycles. The van der Waals surface area contributed by atoms with Crippen molar-refractivity contribution in [3.05, 3.63) is 53.3 Å². The first-order valence-electron chi connectivity index (χ1n) is 9.28. The summed E-state index contributed by atoms with van der Waals surface area (Å²) in [5.41, 5.74) is 2.51. The summed E-state index contributed by atoms with van der Waals surface area (Å²) in [5.74, 6) is 0.847. The lowest BCUT2D eigenvalue weighted by molar-refractivity contribution is -0.133. The molecular formula is C20H25N3O2. The molecule has 0 bridgehead atoms. The van der Waals surface area contributed by atoms with Gasteiger partial charge < -0.3 is 10.0 Å². The fourth-order valence-corrected chi connectivity index (χ4v) is 4.03. The topological polar surface area (TPSA) is 58.4 Å². The highest BCUT2D eigenvalue weighted by molar-refractivity contribution is 5.76. The lowest BCUT2D eigenvalue weighted by atomic mass is 10.0. The van der Waals surface area contributed by atoms with Gasteiger partial charge in [0.1, 0.15) is 6.10 Å². The number of aliphatic hydroxyl groups excluding tert-OH is 1. The van der Waals surface area contributed by atoms with Crippen molar-refractivity contribution in [1.82, 2.24) is 14.7 Å². The van der Waals surface area contributed by atoms with E-state index in [4.69, 9.17) is 0 Å². The maximum atomic E-state index is 12.6. The van der Waals surface area contributed by atoms with Crippen molar-refractivity contribution in [3.63, 3.8) is 0 Å². The first kappa shape index (κ1) is 16.3. The Balaban J connectivity index is 1.44. The van der Waals surface area contributed by atoms with E-state index in [1.54, 1.807) is 0 Å². The van der Waals surface area contributed by atoms with Crippen LogP contribution in [0.4, 0.5) is 0 Å². The number of carbonyl (C=O) groups is 1. The molecule has 1 N–H and O–H groups in total. The van der Waals surface area contributed by atoms with Gasteiger partial charge in [-0.2, -0.15) is 5.10 Å². The van der Waals surface area contributed by atoms with Crippen LogP contribution >= 0.6 is 0 Å². The molecule has 4 rings (SSSR count). The predicted octanol–water partition coefficient (Wildman–Crippen LogP) is 2.89. The Hall–Kier alpha value is -2.14. The summed E-state index contributed by atoms with van der Waals surface area (Å²) in [7, 11) is 0. The number of hydrogen-bond donors (Lipinski definition) is 1. The van der Waals surface area contributed by atoms with Gasteiger partial charge in [-0.15, -0.1) is 0 Å². The van der Waals surface area contributed by atoms with Gasteiger partial charge in [0.25, 0.3) is 0 Å². The molecule has 0 radical (unpaired) electrons. The minimum Gasteiger partial charge on any atom is -0.382 e. The maximum absolute atomic E-state index is 12.6. The van der Waals surface area contributed by atoms with E-state index in [-0.39, 0.29) is 5.91 Å². The Morgan fingerprint density at radius 1 is 1.20 bits per heavy atom. The van der Waals surface area contributed by atoms with Gasteiger partial charge in [-0.1, -0.05) is 43.2 Å². The number of hydrogen-bond acceptors (Lipinski definition) is 3. The molecule has 0 saturated heterocycles. The van der Waals surface area contributed by atoms with Crippen LogP contribution in [0.5, 0.6) is 0 Å². The monoisotopic (exact) mass is 339 g/mol. The highest BCUT2D eigenvalue weighted by Gasteiger charge is 2.27. The number of aliphatic hydroxyl groups is 1. The average Bonchev–Trinajstić information content (AvgIpc) is 3.30. The molecule has 2 aliphatic rings. The predicted molar refractivity (Wildman–Crippen MR) is 94.7 cm³/mol. The molecule has 0 spiro atoms. The number of rotatable bonds is 4. The smallest absolute Gasteiger partial charge is 0.223 e. The number of amides is 1. The van der Waals surface area contributed by atoms with Crippen molar-refractivity contribution in [2.75, 3.05) is 6.54 Å². The molecule has 25 heavy (non-hydrogen) atoms. The van der Waals surface area contributed by atoms with Gasteiger partial charge >= 0.3 is 0 Å². The lowest BCUT2D eigenvalue weighted by Crippen LogP contribution is -2.38.